The van der Waals surface area contributed by atoms with Gasteiger partial charge in [0.05, 0.1) is 0 Å². The molecule has 0 spiro atoms. The predicted molar refractivity (Wildman–Crippen MR) is 325 cm³/mol. The maximum absolute atomic E-state index is 12.9. The zero-order valence-electron chi connectivity index (χ0n) is 50.1. The van der Waals surface area contributed by atoms with E-state index in [9.17, 15) is 14.4 Å². The van der Waals surface area contributed by atoms with Gasteiger partial charge in [0.15, 0.2) is 6.10 Å². The molecule has 0 bridgehead atoms. The molecule has 0 saturated carbocycles. The summed E-state index contributed by atoms with van der Waals surface area (Å²) in [5, 5.41) is 0. The zero-order chi connectivity index (χ0) is 54.3. The number of carbonyl (C=O) groups excluding carboxylic acids is 3. The van der Waals surface area contributed by atoms with Gasteiger partial charge in [-0.15, -0.1) is 0 Å². The minimum atomic E-state index is -0.783. The Balaban J connectivity index is 4.36. The normalized spacial score (nSPS) is 12.4. The van der Waals surface area contributed by atoms with Gasteiger partial charge in [-0.2, -0.15) is 0 Å². The topological polar surface area (TPSA) is 78.9 Å². The first-order valence-electron chi connectivity index (χ1n) is 32.8. The summed E-state index contributed by atoms with van der Waals surface area (Å²) < 4.78 is 17.0. The molecule has 0 radical (unpaired) electrons. The van der Waals surface area contributed by atoms with Crippen LogP contribution in [0.15, 0.2) is 60.8 Å². The van der Waals surface area contributed by atoms with E-state index in [2.05, 4.69) is 81.5 Å². The van der Waals surface area contributed by atoms with Crippen molar-refractivity contribution in [2.75, 3.05) is 13.2 Å². The van der Waals surface area contributed by atoms with Gasteiger partial charge in [-0.05, 0) is 83.5 Å². The second kappa shape index (κ2) is 63.6. The van der Waals surface area contributed by atoms with E-state index in [1.54, 1.807) is 0 Å². The standard InChI is InChI=1S/C69H124O6/c1-4-7-10-13-16-19-22-25-28-31-33-34-36-38-41-44-47-50-53-56-59-62-68(71)74-65-66(64-73-67(70)61-58-55-52-49-46-43-40-37-30-27-24-21-18-15-12-9-6-3)75-69(72)63-60-57-54-51-48-45-42-39-35-32-29-26-23-20-17-14-11-8-5-2/h8,11,17,20,26-27,29-30,35,39,66H,4-7,9-10,12-16,18-19,21-25,28,31-34,36-38,40-65H2,1-3H3/b11-8-,20-17-,29-26-,30-27-,39-35-. The fourth-order valence-electron chi connectivity index (χ4n) is 9.61. The van der Waals surface area contributed by atoms with Gasteiger partial charge in [-0.1, -0.05) is 300 Å². The van der Waals surface area contributed by atoms with E-state index in [1.807, 2.05) is 0 Å². The molecule has 0 rings (SSSR count). The summed E-state index contributed by atoms with van der Waals surface area (Å²) in [7, 11) is 0. The van der Waals surface area contributed by atoms with Crippen molar-refractivity contribution >= 4 is 17.9 Å². The van der Waals surface area contributed by atoms with Crippen molar-refractivity contribution in [2.45, 2.75) is 348 Å². The van der Waals surface area contributed by atoms with Crippen LogP contribution in [0.25, 0.3) is 0 Å². The monoisotopic (exact) mass is 1050 g/mol. The van der Waals surface area contributed by atoms with Crippen LogP contribution in [0.4, 0.5) is 0 Å². The van der Waals surface area contributed by atoms with Gasteiger partial charge in [0, 0.05) is 19.3 Å². The number of esters is 3. The SMILES string of the molecule is CC/C=C\C/C=C\C/C=C\C/C=C\CCCCCCCCC(=O)OC(COC(=O)CCCCCCCCC/C=C\CCCCCCCC)COC(=O)CCCCCCCCCCCCCCCCCCCCCCC. The molecule has 75 heavy (non-hydrogen) atoms. The molecule has 1 atom stereocenters. The summed E-state index contributed by atoms with van der Waals surface area (Å²) in [6.45, 7) is 6.56. The Labute approximate surface area is 466 Å². The molecule has 0 amide bonds. The minimum absolute atomic E-state index is 0.0781. The molecule has 0 aromatic heterocycles. The highest BCUT2D eigenvalue weighted by Gasteiger charge is 2.19. The Kier molecular flexibility index (Phi) is 61.2. The molecule has 1 unspecified atom stereocenters. The number of carbonyl (C=O) groups is 3. The second-order valence-electron chi connectivity index (χ2n) is 22.0. The van der Waals surface area contributed by atoms with Crippen molar-refractivity contribution in [1.29, 1.82) is 0 Å². The van der Waals surface area contributed by atoms with Gasteiger partial charge in [0.25, 0.3) is 0 Å². The smallest absolute Gasteiger partial charge is 0.306 e. The third-order valence-electron chi connectivity index (χ3n) is 14.5. The van der Waals surface area contributed by atoms with Crippen molar-refractivity contribution < 1.29 is 28.6 Å². The lowest BCUT2D eigenvalue weighted by atomic mass is 10.0. The highest BCUT2D eigenvalue weighted by molar-refractivity contribution is 5.71. The molecule has 0 N–H and O–H groups in total. The van der Waals surface area contributed by atoms with Crippen molar-refractivity contribution in [1.82, 2.24) is 0 Å². The molecule has 6 heteroatoms. The summed E-state index contributed by atoms with van der Waals surface area (Å²) >= 11 is 0. The lowest BCUT2D eigenvalue weighted by Gasteiger charge is -2.18. The maximum atomic E-state index is 12.9. The minimum Gasteiger partial charge on any atom is -0.462 e. The number of rotatable bonds is 60. The third-order valence-corrected chi connectivity index (χ3v) is 14.5. The Morgan fingerprint density at radius 1 is 0.280 bits per heavy atom. The number of hydrogen-bond acceptors (Lipinski definition) is 6. The molecule has 0 aliphatic carbocycles. The van der Waals surface area contributed by atoms with Crippen LogP contribution < -0.4 is 0 Å². The second-order valence-corrected chi connectivity index (χ2v) is 22.0. The van der Waals surface area contributed by atoms with E-state index < -0.39 is 6.10 Å². The Bertz CT molecular complexity index is 1340. The fraction of sp³-hybridized carbons (Fsp3) is 0.812. The maximum Gasteiger partial charge on any atom is 0.306 e. The molecule has 436 valence electrons. The first-order chi connectivity index (χ1) is 37.0. The Morgan fingerprint density at radius 2 is 0.520 bits per heavy atom. The van der Waals surface area contributed by atoms with Crippen LogP contribution >= 0.6 is 0 Å². The molecular formula is C69H124O6. The van der Waals surface area contributed by atoms with Gasteiger partial charge in [-0.25, -0.2) is 0 Å². The quantitative estimate of drug-likeness (QED) is 0.0261. The van der Waals surface area contributed by atoms with Crippen LogP contribution in [0.2, 0.25) is 0 Å². The average Bonchev–Trinajstić information content (AvgIpc) is 3.41. The molecular weight excluding hydrogens is 925 g/mol. The van der Waals surface area contributed by atoms with Crippen LogP contribution in [0, 0.1) is 0 Å². The summed E-state index contributed by atoms with van der Waals surface area (Å²) in [6, 6.07) is 0. The molecule has 0 aliphatic heterocycles. The number of unbranched alkanes of at least 4 members (excludes halogenated alkanes) is 39. The highest BCUT2D eigenvalue weighted by atomic mass is 16.6. The first-order valence-corrected chi connectivity index (χ1v) is 32.8. The molecule has 0 aromatic carbocycles. The van der Waals surface area contributed by atoms with Crippen LogP contribution in [-0.2, 0) is 28.6 Å². The van der Waals surface area contributed by atoms with Crippen molar-refractivity contribution in [3.05, 3.63) is 60.8 Å². The summed E-state index contributed by atoms with van der Waals surface area (Å²) in [6.07, 6.45) is 80.8. The van der Waals surface area contributed by atoms with E-state index >= 15 is 0 Å². The van der Waals surface area contributed by atoms with Crippen LogP contribution in [0.1, 0.15) is 342 Å². The van der Waals surface area contributed by atoms with Crippen LogP contribution in [0.3, 0.4) is 0 Å². The van der Waals surface area contributed by atoms with Gasteiger partial charge < -0.3 is 14.2 Å². The lowest BCUT2D eigenvalue weighted by Crippen LogP contribution is -2.30. The van der Waals surface area contributed by atoms with E-state index in [0.29, 0.717) is 19.3 Å². The number of allylic oxidation sites excluding steroid dienone is 10. The van der Waals surface area contributed by atoms with E-state index in [4.69, 9.17) is 14.2 Å². The largest absolute Gasteiger partial charge is 0.462 e. The zero-order valence-corrected chi connectivity index (χ0v) is 50.1. The molecule has 0 aliphatic rings. The summed E-state index contributed by atoms with van der Waals surface area (Å²) in [5.41, 5.74) is 0. The van der Waals surface area contributed by atoms with Crippen molar-refractivity contribution in [2.24, 2.45) is 0 Å². The van der Waals surface area contributed by atoms with Crippen LogP contribution in [-0.4, -0.2) is 37.2 Å². The van der Waals surface area contributed by atoms with Gasteiger partial charge >= 0.3 is 17.9 Å². The summed E-state index contributed by atoms with van der Waals surface area (Å²) in [4.78, 5) is 38.4. The van der Waals surface area contributed by atoms with Gasteiger partial charge in [0.1, 0.15) is 13.2 Å². The van der Waals surface area contributed by atoms with E-state index in [-0.39, 0.29) is 31.1 Å². The Hall–Kier alpha value is -2.89. The number of hydrogen-bond donors (Lipinski definition) is 0. The van der Waals surface area contributed by atoms with Crippen molar-refractivity contribution in [3.63, 3.8) is 0 Å². The van der Waals surface area contributed by atoms with E-state index in [1.165, 1.54) is 205 Å². The van der Waals surface area contributed by atoms with Gasteiger partial charge in [0.2, 0.25) is 0 Å². The van der Waals surface area contributed by atoms with E-state index in [0.717, 1.165) is 96.3 Å². The molecule has 6 nitrogen and oxygen atoms in total. The van der Waals surface area contributed by atoms with Crippen LogP contribution in [0.5, 0.6) is 0 Å². The molecule has 0 fully saturated rings. The summed E-state index contributed by atoms with van der Waals surface area (Å²) in [5.74, 6) is -0.876. The Morgan fingerprint density at radius 3 is 0.827 bits per heavy atom. The third kappa shape index (κ3) is 61.8. The lowest BCUT2D eigenvalue weighted by molar-refractivity contribution is -0.167. The fourth-order valence-corrected chi connectivity index (χ4v) is 9.61. The average molecular weight is 1050 g/mol. The predicted octanol–water partition coefficient (Wildman–Crippen LogP) is 22.3. The molecule has 0 aromatic rings. The molecule has 0 saturated heterocycles. The first kappa shape index (κ1) is 72.1. The van der Waals surface area contributed by atoms with Crippen molar-refractivity contribution in [3.8, 4) is 0 Å². The molecule has 0 heterocycles. The van der Waals surface area contributed by atoms with Gasteiger partial charge in [-0.3, -0.25) is 14.4 Å². The highest BCUT2D eigenvalue weighted by Crippen LogP contribution is 2.17. The number of ether oxygens (including phenoxy) is 3.